The average Bonchev–Trinajstić information content (AvgIpc) is 3.22. The first-order chi connectivity index (χ1) is 14.0. The van der Waals surface area contributed by atoms with Crippen molar-refractivity contribution in [3.05, 3.63) is 82.4 Å². The molecule has 0 radical (unpaired) electrons. The number of hydrogen-bond acceptors (Lipinski definition) is 3. The zero-order valence-electron chi connectivity index (χ0n) is 17.8. The van der Waals surface area contributed by atoms with Gasteiger partial charge < -0.3 is 0 Å². The summed E-state index contributed by atoms with van der Waals surface area (Å²) >= 11 is 0. The van der Waals surface area contributed by atoms with Gasteiger partial charge in [-0.05, 0) is 53.8 Å². The van der Waals surface area contributed by atoms with Crippen LogP contribution < -0.4 is 10.9 Å². The predicted octanol–water partition coefficient (Wildman–Crippen LogP) is 5.29. The zero-order chi connectivity index (χ0) is 20.4. The molecular weight excluding hydrogens is 355 g/mol. The van der Waals surface area contributed by atoms with E-state index >= 15 is 0 Å². The first-order valence-electron chi connectivity index (χ1n) is 10.5. The maximum Gasteiger partial charge on any atom is 0.496 e. The van der Waals surface area contributed by atoms with Crippen molar-refractivity contribution in [3.63, 3.8) is 0 Å². The maximum atomic E-state index is 5.64. The number of hydroxylamine groups is 1. The Balaban J connectivity index is 1.54. The fourth-order valence-corrected chi connectivity index (χ4v) is 4.52. The van der Waals surface area contributed by atoms with Crippen LogP contribution in [0.4, 0.5) is 0 Å². The van der Waals surface area contributed by atoms with Gasteiger partial charge in [0.2, 0.25) is 0 Å². The molecule has 0 aromatic heterocycles. The van der Waals surface area contributed by atoms with Crippen LogP contribution in [-0.2, 0) is 4.76 Å². The van der Waals surface area contributed by atoms with Crippen molar-refractivity contribution in [2.45, 2.75) is 47.0 Å². The molecule has 0 bridgehead atoms. The fourth-order valence-electron chi connectivity index (χ4n) is 4.52. The first-order valence-corrected chi connectivity index (χ1v) is 10.5. The Morgan fingerprint density at radius 3 is 2.52 bits per heavy atom. The van der Waals surface area contributed by atoms with Gasteiger partial charge in [0.25, 0.3) is 0 Å². The maximum absolute atomic E-state index is 5.64. The monoisotopic (exact) mass is 384 g/mol. The van der Waals surface area contributed by atoms with Gasteiger partial charge in [0, 0.05) is 5.56 Å². The molecular formula is C25H29BN2O. The van der Waals surface area contributed by atoms with E-state index in [-0.39, 0.29) is 7.05 Å². The molecule has 2 aromatic carbocycles. The van der Waals surface area contributed by atoms with E-state index in [4.69, 9.17) is 4.76 Å². The molecule has 0 saturated carbocycles. The van der Waals surface area contributed by atoms with Gasteiger partial charge in [0.15, 0.2) is 0 Å². The molecule has 148 valence electrons. The summed E-state index contributed by atoms with van der Waals surface area (Å²) in [4.78, 5) is 4.68. The molecule has 0 amide bonds. The van der Waals surface area contributed by atoms with E-state index in [1.165, 1.54) is 23.1 Å². The lowest BCUT2D eigenvalue weighted by atomic mass is 9.70. The minimum atomic E-state index is -0.293. The van der Waals surface area contributed by atoms with E-state index in [9.17, 15) is 0 Å². The number of benzene rings is 2. The van der Waals surface area contributed by atoms with Gasteiger partial charge in [0.05, 0.1) is 0 Å². The van der Waals surface area contributed by atoms with Crippen molar-refractivity contribution < 1.29 is 4.76 Å². The summed E-state index contributed by atoms with van der Waals surface area (Å²) in [5.74, 6) is 0.779. The van der Waals surface area contributed by atoms with Crippen molar-refractivity contribution in [1.29, 1.82) is 0 Å². The summed E-state index contributed by atoms with van der Waals surface area (Å²) in [5, 5.41) is 0. The van der Waals surface area contributed by atoms with Gasteiger partial charge in [0.1, 0.15) is 5.84 Å². The molecule has 1 N–H and O–H groups in total. The minimum absolute atomic E-state index is 0.293. The van der Waals surface area contributed by atoms with Crippen LogP contribution in [0.15, 0.2) is 76.2 Å². The van der Waals surface area contributed by atoms with Crippen molar-refractivity contribution in [2.75, 3.05) is 0 Å². The lowest BCUT2D eigenvalue weighted by Crippen LogP contribution is -2.31. The van der Waals surface area contributed by atoms with Gasteiger partial charge in [-0.2, -0.15) is 0 Å². The summed E-state index contributed by atoms with van der Waals surface area (Å²) in [6.07, 6.45) is 5.83. The minimum Gasteiger partial charge on any atom is -0.300 e. The lowest BCUT2D eigenvalue weighted by molar-refractivity contribution is 0.284. The number of amidine groups is 1. The Kier molecular flexibility index (Phi) is 5.47. The fraction of sp³-hybridized carbons (Fsp3) is 0.320. The molecule has 1 heterocycles. The third-order valence-corrected chi connectivity index (χ3v) is 6.25. The van der Waals surface area contributed by atoms with E-state index in [1.54, 1.807) is 5.57 Å². The Hall–Kier alpha value is -2.59. The summed E-state index contributed by atoms with van der Waals surface area (Å²) in [6.45, 7) is 9.32. The molecule has 0 unspecified atom stereocenters. The molecule has 0 fully saturated rings. The van der Waals surface area contributed by atoms with Gasteiger partial charge in [-0.3, -0.25) is 15.1 Å². The van der Waals surface area contributed by atoms with Gasteiger partial charge >= 0.3 is 7.05 Å². The third-order valence-electron chi connectivity index (χ3n) is 6.25. The highest BCUT2D eigenvalue weighted by atomic mass is 16.6. The van der Waals surface area contributed by atoms with Crippen LogP contribution in [0.1, 0.15) is 58.1 Å². The van der Waals surface area contributed by atoms with Crippen LogP contribution in [0, 0.1) is 5.41 Å². The lowest BCUT2D eigenvalue weighted by Gasteiger charge is -2.35. The van der Waals surface area contributed by atoms with E-state index in [1.807, 2.05) is 30.3 Å². The number of nitrogens with one attached hydrogen (secondary N) is 1. The SMILES string of the molecule is CCC1=C(C)/C(=C/c2ccc(C3=NB(c4ccccc4)ON3)cc2)CCC1(C)C. The van der Waals surface area contributed by atoms with Crippen molar-refractivity contribution in [3.8, 4) is 0 Å². The largest absolute Gasteiger partial charge is 0.496 e. The molecule has 0 atom stereocenters. The highest BCUT2D eigenvalue weighted by Crippen LogP contribution is 2.44. The van der Waals surface area contributed by atoms with Gasteiger partial charge in [-0.25, -0.2) is 0 Å². The number of allylic oxidation sites excluding steroid dienone is 3. The summed E-state index contributed by atoms with van der Waals surface area (Å²) in [6, 6.07) is 18.6. The van der Waals surface area contributed by atoms with E-state index in [0.29, 0.717) is 5.41 Å². The molecule has 1 aliphatic heterocycles. The second-order valence-corrected chi connectivity index (χ2v) is 8.59. The highest BCUT2D eigenvalue weighted by Gasteiger charge is 2.29. The van der Waals surface area contributed by atoms with Crippen LogP contribution in [0.5, 0.6) is 0 Å². The molecule has 0 saturated heterocycles. The average molecular weight is 384 g/mol. The molecule has 0 spiro atoms. The topological polar surface area (TPSA) is 33.6 Å². The van der Waals surface area contributed by atoms with Crippen LogP contribution in [0.3, 0.4) is 0 Å². The normalized spacial score (nSPS) is 20.1. The molecule has 3 nitrogen and oxygen atoms in total. The zero-order valence-corrected chi connectivity index (χ0v) is 17.8. The summed E-state index contributed by atoms with van der Waals surface area (Å²) in [5.41, 5.74) is 11.2. The molecule has 29 heavy (non-hydrogen) atoms. The molecule has 2 aliphatic rings. The van der Waals surface area contributed by atoms with Crippen LogP contribution in [-0.4, -0.2) is 12.9 Å². The predicted molar refractivity (Wildman–Crippen MR) is 123 cm³/mol. The van der Waals surface area contributed by atoms with E-state index in [2.05, 4.69) is 68.4 Å². The Labute approximate surface area is 174 Å². The van der Waals surface area contributed by atoms with Gasteiger partial charge in [-0.1, -0.05) is 87.0 Å². The summed E-state index contributed by atoms with van der Waals surface area (Å²) in [7, 11) is -0.293. The van der Waals surface area contributed by atoms with Crippen LogP contribution in [0.2, 0.25) is 0 Å². The quantitative estimate of drug-likeness (QED) is 0.727. The second-order valence-electron chi connectivity index (χ2n) is 8.59. The van der Waals surface area contributed by atoms with Crippen molar-refractivity contribution in [1.82, 2.24) is 5.48 Å². The van der Waals surface area contributed by atoms with E-state index < -0.39 is 0 Å². The first kappa shape index (κ1) is 19.7. The number of hydrogen-bond donors (Lipinski definition) is 1. The van der Waals surface area contributed by atoms with Crippen LogP contribution in [0.25, 0.3) is 6.08 Å². The molecule has 4 rings (SSSR count). The molecule has 4 heteroatoms. The Bertz CT molecular complexity index is 972. The standard InChI is InChI=1S/C25H29BN2O/c1-5-23-18(2)21(15-16-25(23,3)4)17-19-11-13-20(14-12-19)24-27-26(29-28-24)22-9-7-6-8-10-22/h6-14,17H,5,15-16H2,1-4H3,(H,27,28)/b21-17+. The Morgan fingerprint density at radius 1 is 1.10 bits per heavy atom. The third kappa shape index (κ3) is 4.08. The highest BCUT2D eigenvalue weighted by molar-refractivity contribution is 6.68. The molecule has 2 aromatic rings. The summed E-state index contributed by atoms with van der Waals surface area (Å²) < 4.78 is 5.64. The van der Waals surface area contributed by atoms with E-state index in [0.717, 1.165) is 29.7 Å². The van der Waals surface area contributed by atoms with Crippen LogP contribution >= 0.6 is 0 Å². The van der Waals surface area contributed by atoms with Crippen molar-refractivity contribution >= 4 is 24.4 Å². The molecule has 1 aliphatic carbocycles. The Morgan fingerprint density at radius 2 is 1.83 bits per heavy atom. The number of rotatable bonds is 4. The number of nitrogens with zero attached hydrogens (tertiary/aromatic N) is 1. The second kappa shape index (κ2) is 8.04. The van der Waals surface area contributed by atoms with Crippen molar-refractivity contribution in [2.24, 2.45) is 10.3 Å². The van der Waals surface area contributed by atoms with Gasteiger partial charge in [-0.15, -0.1) is 0 Å². The smallest absolute Gasteiger partial charge is 0.300 e.